The lowest BCUT2D eigenvalue weighted by Crippen LogP contribution is -2.41. The quantitative estimate of drug-likeness (QED) is 0.357. The second-order valence-corrected chi connectivity index (χ2v) is 8.04. The van der Waals surface area contributed by atoms with Crippen molar-refractivity contribution in [2.24, 2.45) is 10.9 Å². The van der Waals surface area contributed by atoms with Crippen LogP contribution >= 0.6 is 24.0 Å². The number of nitrogens with zero attached hydrogens (tertiary/aromatic N) is 3. The molecule has 0 aliphatic carbocycles. The Hall–Kier alpha value is -1.22. The van der Waals surface area contributed by atoms with E-state index in [0.717, 1.165) is 56.6 Å². The zero-order valence-electron chi connectivity index (χ0n) is 18.3. The molecule has 0 aromatic heterocycles. The fourth-order valence-electron chi connectivity index (χ4n) is 4.35. The molecule has 2 aliphatic heterocycles. The maximum absolute atomic E-state index is 5.45. The summed E-state index contributed by atoms with van der Waals surface area (Å²) in [5.74, 6) is 3.92. The Morgan fingerprint density at radius 3 is 2.45 bits per heavy atom. The third-order valence-corrected chi connectivity index (χ3v) is 5.89. The SMILES string of the molecule is CCNC(=NCC1CCCN(C)C1)N1CCC(c2cc(OC)cc(OC)c2)C1.I. The smallest absolute Gasteiger partial charge is 0.193 e. The highest BCUT2D eigenvalue weighted by Gasteiger charge is 2.27. The molecule has 29 heavy (non-hydrogen) atoms. The van der Waals surface area contributed by atoms with Crippen molar-refractivity contribution >= 4 is 29.9 Å². The molecule has 2 fully saturated rings. The summed E-state index contributed by atoms with van der Waals surface area (Å²) < 4.78 is 10.9. The minimum absolute atomic E-state index is 0. The van der Waals surface area contributed by atoms with E-state index in [1.165, 1.54) is 24.9 Å². The summed E-state index contributed by atoms with van der Waals surface area (Å²) in [6, 6.07) is 6.21. The molecule has 2 aliphatic rings. The van der Waals surface area contributed by atoms with Crippen LogP contribution < -0.4 is 14.8 Å². The van der Waals surface area contributed by atoms with Crippen molar-refractivity contribution in [2.75, 3.05) is 60.5 Å². The Bertz CT molecular complexity index is 648. The van der Waals surface area contributed by atoms with Crippen LogP contribution in [0.15, 0.2) is 23.2 Å². The van der Waals surface area contributed by atoms with Gasteiger partial charge in [0.1, 0.15) is 11.5 Å². The average molecular weight is 516 g/mol. The van der Waals surface area contributed by atoms with E-state index in [1.807, 2.05) is 6.07 Å². The number of hydrogen-bond acceptors (Lipinski definition) is 4. The van der Waals surface area contributed by atoms with Gasteiger partial charge in [-0.25, -0.2) is 0 Å². The Morgan fingerprint density at radius 1 is 1.10 bits per heavy atom. The normalized spacial score (nSPS) is 22.9. The first-order valence-electron chi connectivity index (χ1n) is 10.6. The Labute approximate surface area is 193 Å². The van der Waals surface area contributed by atoms with Crippen LogP contribution in [0.3, 0.4) is 0 Å². The first-order valence-corrected chi connectivity index (χ1v) is 10.6. The fourth-order valence-corrected chi connectivity index (χ4v) is 4.35. The molecule has 0 bridgehead atoms. The summed E-state index contributed by atoms with van der Waals surface area (Å²) in [5, 5.41) is 3.51. The summed E-state index contributed by atoms with van der Waals surface area (Å²) >= 11 is 0. The largest absolute Gasteiger partial charge is 0.497 e. The summed E-state index contributed by atoms with van der Waals surface area (Å²) in [7, 11) is 5.63. The van der Waals surface area contributed by atoms with Crippen molar-refractivity contribution in [3.8, 4) is 11.5 Å². The number of halogens is 1. The molecule has 164 valence electrons. The van der Waals surface area contributed by atoms with Crippen LogP contribution in [0.1, 0.15) is 37.7 Å². The predicted molar refractivity (Wildman–Crippen MR) is 130 cm³/mol. The molecule has 0 amide bonds. The van der Waals surface area contributed by atoms with E-state index in [9.17, 15) is 0 Å². The molecule has 0 radical (unpaired) electrons. The van der Waals surface area contributed by atoms with Crippen molar-refractivity contribution < 1.29 is 9.47 Å². The monoisotopic (exact) mass is 516 g/mol. The molecule has 1 aromatic carbocycles. The zero-order valence-corrected chi connectivity index (χ0v) is 20.6. The highest BCUT2D eigenvalue weighted by molar-refractivity contribution is 14.0. The number of guanidine groups is 1. The predicted octanol–water partition coefficient (Wildman–Crippen LogP) is 3.42. The molecule has 2 heterocycles. The molecule has 2 atom stereocenters. The fraction of sp³-hybridized carbons (Fsp3) is 0.682. The van der Waals surface area contributed by atoms with Gasteiger partial charge in [0.15, 0.2) is 5.96 Å². The molecular weight excluding hydrogens is 479 g/mol. The van der Waals surface area contributed by atoms with Gasteiger partial charge in [-0.2, -0.15) is 0 Å². The molecule has 3 rings (SSSR count). The van der Waals surface area contributed by atoms with Gasteiger partial charge in [-0.15, -0.1) is 24.0 Å². The number of benzene rings is 1. The zero-order chi connectivity index (χ0) is 19.9. The maximum Gasteiger partial charge on any atom is 0.193 e. The van der Waals surface area contributed by atoms with Gasteiger partial charge in [-0.3, -0.25) is 4.99 Å². The summed E-state index contributed by atoms with van der Waals surface area (Å²) in [6.07, 6.45) is 3.70. The van der Waals surface area contributed by atoms with Gasteiger partial charge in [0.2, 0.25) is 0 Å². The third kappa shape index (κ3) is 6.64. The van der Waals surface area contributed by atoms with E-state index in [4.69, 9.17) is 14.5 Å². The summed E-state index contributed by atoms with van der Waals surface area (Å²) in [6.45, 7) is 8.35. The van der Waals surface area contributed by atoms with Crippen molar-refractivity contribution in [3.63, 3.8) is 0 Å². The highest BCUT2D eigenvalue weighted by atomic mass is 127. The van der Waals surface area contributed by atoms with Crippen molar-refractivity contribution in [1.82, 2.24) is 15.1 Å². The molecule has 0 saturated carbocycles. The van der Waals surface area contributed by atoms with E-state index < -0.39 is 0 Å². The number of nitrogens with one attached hydrogen (secondary N) is 1. The number of piperidine rings is 1. The van der Waals surface area contributed by atoms with Crippen LogP contribution in [0.2, 0.25) is 0 Å². The van der Waals surface area contributed by atoms with Crippen LogP contribution in [-0.2, 0) is 0 Å². The summed E-state index contributed by atoms with van der Waals surface area (Å²) in [5.41, 5.74) is 1.28. The molecular formula is C22H37IN4O2. The number of ether oxygens (including phenoxy) is 2. The Morgan fingerprint density at radius 2 is 1.83 bits per heavy atom. The van der Waals surface area contributed by atoms with Crippen LogP contribution in [-0.4, -0.2) is 76.3 Å². The van der Waals surface area contributed by atoms with Gasteiger partial charge >= 0.3 is 0 Å². The van der Waals surface area contributed by atoms with Gasteiger partial charge in [0, 0.05) is 44.7 Å². The van der Waals surface area contributed by atoms with Gasteiger partial charge in [0.25, 0.3) is 0 Å². The number of aliphatic imine (C=N–C) groups is 1. The number of methoxy groups -OCH3 is 2. The standard InChI is InChI=1S/C22H36N4O2.HI/c1-5-23-22(24-14-17-7-6-9-25(2)15-17)26-10-8-18(16-26)19-11-20(27-3)13-21(12-19)28-4;/h11-13,17-18H,5-10,14-16H2,1-4H3,(H,23,24);1H. The van der Waals surface area contributed by atoms with E-state index in [1.54, 1.807) is 14.2 Å². The minimum atomic E-state index is 0. The van der Waals surface area contributed by atoms with Crippen LogP contribution in [0.5, 0.6) is 11.5 Å². The van der Waals surface area contributed by atoms with Gasteiger partial charge < -0.3 is 24.6 Å². The number of likely N-dealkylation sites (tertiary alicyclic amines) is 2. The lowest BCUT2D eigenvalue weighted by Gasteiger charge is -2.29. The summed E-state index contributed by atoms with van der Waals surface area (Å²) in [4.78, 5) is 9.84. The molecule has 0 spiro atoms. The maximum atomic E-state index is 5.45. The van der Waals surface area contributed by atoms with Gasteiger partial charge in [0.05, 0.1) is 14.2 Å². The third-order valence-electron chi connectivity index (χ3n) is 5.89. The molecule has 1 N–H and O–H groups in total. The minimum Gasteiger partial charge on any atom is -0.497 e. The average Bonchev–Trinajstić information content (AvgIpc) is 3.21. The Kier molecular flexibility index (Phi) is 9.82. The van der Waals surface area contributed by atoms with Crippen molar-refractivity contribution in [3.05, 3.63) is 23.8 Å². The molecule has 6 nitrogen and oxygen atoms in total. The molecule has 2 saturated heterocycles. The number of hydrogen-bond donors (Lipinski definition) is 1. The Balaban J connectivity index is 0.00000300. The second kappa shape index (κ2) is 11.8. The molecule has 2 unspecified atom stereocenters. The van der Waals surface area contributed by atoms with E-state index >= 15 is 0 Å². The van der Waals surface area contributed by atoms with Crippen LogP contribution in [0.25, 0.3) is 0 Å². The first-order chi connectivity index (χ1) is 13.6. The molecule has 1 aromatic rings. The van der Waals surface area contributed by atoms with Gasteiger partial charge in [-0.1, -0.05) is 0 Å². The van der Waals surface area contributed by atoms with Crippen molar-refractivity contribution in [2.45, 2.75) is 32.1 Å². The van der Waals surface area contributed by atoms with E-state index in [2.05, 4.69) is 41.2 Å². The molecule has 7 heteroatoms. The lowest BCUT2D eigenvalue weighted by molar-refractivity contribution is 0.214. The topological polar surface area (TPSA) is 49.3 Å². The van der Waals surface area contributed by atoms with E-state index in [0.29, 0.717) is 11.8 Å². The first kappa shape index (κ1) is 24.1. The lowest BCUT2D eigenvalue weighted by atomic mass is 9.98. The number of rotatable bonds is 6. The van der Waals surface area contributed by atoms with E-state index in [-0.39, 0.29) is 24.0 Å². The van der Waals surface area contributed by atoms with Crippen LogP contribution in [0.4, 0.5) is 0 Å². The highest BCUT2D eigenvalue weighted by Crippen LogP contribution is 2.33. The second-order valence-electron chi connectivity index (χ2n) is 8.04. The van der Waals surface area contributed by atoms with Gasteiger partial charge in [-0.05, 0) is 63.4 Å². The van der Waals surface area contributed by atoms with Crippen molar-refractivity contribution in [1.29, 1.82) is 0 Å². The van der Waals surface area contributed by atoms with Crippen LogP contribution in [0, 0.1) is 5.92 Å².